The first-order chi connectivity index (χ1) is 11.2. The van der Waals surface area contributed by atoms with E-state index in [1.54, 1.807) is 0 Å². The number of amides is 2. The van der Waals surface area contributed by atoms with Gasteiger partial charge in [0.15, 0.2) is 0 Å². The molecule has 0 aliphatic carbocycles. The number of halogens is 1. The number of carbonyl (C=O) groups excluding carboxylic acids is 1. The van der Waals surface area contributed by atoms with Gasteiger partial charge >= 0.3 is 6.03 Å². The molecule has 7 nitrogen and oxygen atoms in total. The summed E-state index contributed by atoms with van der Waals surface area (Å²) in [5.41, 5.74) is 0.943. The fourth-order valence-electron chi connectivity index (χ4n) is 2.01. The van der Waals surface area contributed by atoms with Gasteiger partial charge in [-0.25, -0.2) is 4.79 Å². The lowest BCUT2D eigenvalue weighted by atomic mass is 10.2. The zero-order chi connectivity index (χ0) is 16.1. The molecule has 1 saturated heterocycles. The van der Waals surface area contributed by atoms with Gasteiger partial charge in [-0.1, -0.05) is 39.4 Å². The molecule has 0 spiro atoms. The van der Waals surface area contributed by atoms with Gasteiger partial charge in [0.05, 0.1) is 25.9 Å². The smallest absolute Gasteiger partial charge is 0.321 e. The van der Waals surface area contributed by atoms with Crippen LogP contribution in [0.15, 0.2) is 28.7 Å². The summed E-state index contributed by atoms with van der Waals surface area (Å²) in [6.07, 6.45) is -0.110. The Labute approximate surface area is 145 Å². The van der Waals surface area contributed by atoms with Gasteiger partial charge < -0.3 is 14.8 Å². The molecule has 9 heteroatoms. The standard InChI is InChI=1S/C14H15BrN4O3S/c15-10-3-1-2-9(6-10)12-18-19-14(23-12)17-13(20)16-7-11-8-21-4-5-22-11/h1-3,6,11H,4-5,7-8H2,(H2,16,17,19,20). The van der Waals surface area contributed by atoms with Crippen molar-refractivity contribution in [2.75, 3.05) is 31.7 Å². The van der Waals surface area contributed by atoms with E-state index in [0.717, 1.165) is 15.0 Å². The molecule has 2 N–H and O–H groups in total. The summed E-state index contributed by atoms with van der Waals surface area (Å²) < 4.78 is 11.7. The Morgan fingerprint density at radius 1 is 1.39 bits per heavy atom. The maximum Gasteiger partial charge on any atom is 0.321 e. The Kier molecular flexibility index (Phi) is 5.55. The lowest BCUT2D eigenvalue weighted by Gasteiger charge is -2.22. The van der Waals surface area contributed by atoms with Crippen LogP contribution in [0.2, 0.25) is 0 Å². The van der Waals surface area contributed by atoms with Crippen LogP contribution in [0.5, 0.6) is 0 Å². The van der Waals surface area contributed by atoms with Crippen molar-refractivity contribution in [3.8, 4) is 10.6 Å². The molecule has 2 heterocycles. The minimum Gasteiger partial charge on any atom is -0.376 e. The predicted octanol–water partition coefficient (Wildman–Crippen LogP) is 2.50. The topological polar surface area (TPSA) is 85.4 Å². The van der Waals surface area contributed by atoms with E-state index in [0.29, 0.717) is 31.5 Å². The number of ether oxygens (including phenoxy) is 2. The van der Waals surface area contributed by atoms with E-state index in [9.17, 15) is 4.79 Å². The van der Waals surface area contributed by atoms with Crippen LogP contribution in [0.25, 0.3) is 10.6 Å². The number of hydrogen-bond donors (Lipinski definition) is 2. The van der Waals surface area contributed by atoms with Gasteiger partial charge in [-0.2, -0.15) is 0 Å². The van der Waals surface area contributed by atoms with Crippen molar-refractivity contribution >= 4 is 38.4 Å². The summed E-state index contributed by atoms with van der Waals surface area (Å²) in [4.78, 5) is 11.9. The number of carbonyl (C=O) groups is 1. The second kappa shape index (κ2) is 7.82. The van der Waals surface area contributed by atoms with Crippen LogP contribution in [-0.4, -0.2) is 48.7 Å². The highest BCUT2D eigenvalue weighted by Gasteiger charge is 2.16. The third-order valence-corrected chi connectivity index (χ3v) is 4.47. The predicted molar refractivity (Wildman–Crippen MR) is 90.6 cm³/mol. The van der Waals surface area contributed by atoms with E-state index in [2.05, 4.69) is 36.8 Å². The highest BCUT2D eigenvalue weighted by Crippen LogP contribution is 2.28. The van der Waals surface area contributed by atoms with Gasteiger partial charge in [0.25, 0.3) is 0 Å². The number of hydrogen-bond acceptors (Lipinski definition) is 6. The van der Waals surface area contributed by atoms with E-state index < -0.39 is 0 Å². The third kappa shape index (κ3) is 4.71. The fourth-order valence-corrected chi connectivity index (χ4v) is 3.15. The summed E-state index contributed by atoms with van der Waals surface area (Å²) in [6.45, 7) is 2.04. The molecular formula is C14H15BrN4O3S. The number of benzene rings is 1. The summed E-state index contributed by atoms with van der Waals surface area (Å²) in [5, 5.41) is 14.7. The molecule has 1 aliphatic heterocycles. The van der Waals surface area contributed by atoms with Crippen molar-refractivity contribution < 1.29 is 14.3 Å². The largest absolute Gasteiger partial charge is 0.376 e. The van der Waals surface area contributed by atoms with Crippen molar-refractivity contribution in [2.24, 2.45) is 0 Å². The first-order valence-corrected chi connectivity index (χ1v) is 8.65. The van der Waals surface area contributed by atoms with Gasteiger partial charge in [0, 0.05) is 16.6 Å². The Hall–Kier alpha value is -1.55. The van der Waals surface area contributed by atoms with Crippen LogP contribution in [0.3, 0.4) is 0 Å². The normalized spacial score (nSPS) is 17.7. The molecule has 0 radical (unpaired) electrons. The fraction of sp³-hybridized carbons (Fsp3) is 0.357. The van der Waals surface area contributed by atoms with Crippen molar-refractivity contribution in [1.82, 2.24) is 15.5 Å². The molecule has 2 amide bonds. The Balaban J connectivity index is 1.53. The molecule has 1 aliphatic rings. The maximum atomic E-state index is 11.9. The molecule has 1 aromatic heterocycles. The molecule has 1 fully saturated rings. The molecule has 1 atom stereocenters. The van der Waals surface area contributed by atoms with Crippen molar-refractivity contribution in [3.63, 3.8) is 0 Å². The SMILES string of the molecule is O=C(NCC1COCCO1)Nc1nnc(-c2cccc(Br)c2)s1. The van der Waals surface area contributed by atoms with Crippen LogP contribution in [0, 0.1) is 0 Å². The molecule has 2 aromatic rings. The first-order valence-electron chi connectivity index (χ1n) is 7.04. The van der Waals surface area contributed by atoms with Crippen LogP contribution < -0.4 is 10.6 Å². The van der Waals surface area contributed by atoms with Crippen LogP contribution in [0.1, 0.15) is 0 Å². The minimum atomic E-state index is -0.337. The number of urea groups is 1. The number of nitrogens with zero attached hydrogens (tertiary/aromatic N) is 2. The van der Waals surface area contributed by atoms with Crippen LogP contribution in [0.4, 0.5) is 9.93 Å². The van der Waals surface area contributed by atoms with E-state index >= 15 is 0 Å². The summed E-state index contributed by atoms with van der Waals surface area (Å²) in [7, 11) is 0. The second-order valence-corrected chi connectivity index (χ2v) is 6.72. The maximum absolute atomic E-state index is 11.9. The zero-order valence-corrected chi connectivity index (χ0v) is 14.5. The van der Waals surface area contributed by atoms with Crippen molar-refractivity contribution in [1.29, 1.82) is 0 Å². The van der Waals surface area contributed by atoms with Crippen molar-refractivity contribution in [3.05, 3.63) is 28.7 Å². The van der Waals surface area contributed by atoms with Crippen LogP contribution in [-0.2, 0) is 9.47 Å². The van der Waals surface area contributed by atoms with Crippen LogP contribution >= 0.6 is 27.3 Å². The highest BCUT2D eigenvalue weighted by atomic mass is 79.9. The van der Waals surface area contributed by atoms with Gasteiger partial charge in [-0.3, -0.25) is 5.32 Å². The quantitative estimate of drug-likeness (QED) is 0.825. The molecular weight excluding hydrogens is 384 g/mol. The molecule has 1 unspecified atom stereocenters. The molecule has 122 valence electrons. The number of nitrogens with one attached hydrogen (secondary N) is 2. The minimum absolute atomic E-state index is 0.110. The second-order valence-electron chi connectivity index (χ2n) is 4.83. The van der Waals surface area contributed by atoms with Gasteiger partial charge in [-0.05, 0) is 12.1 Å². The highest BCUT2D eigenvalue weighted by molar-refractivity contribution is 9.10. The van der Waals surface area contributed by atoms with E-state index in [-0.39, 0.29) is 12.1 Å². The summed E-state index contributed by atoms with van der Waals surface area (Å²) >= 11 is 4.73. The first kappa shape index (κ1) is 16.3. The molecule has 0 saturated carbocycles. The summed E-state index contributed by atoms with van der Waals surface area (Å²) in [5.74, 6) is 0. The molecule has 3 rings (SSSR count). The molecule has 0 bridgehead atoms. The van der Waals surface area contributed by atoms with Gasteiger partial charge in [-0.15, -0.1) is 10.2 Å². The average Bonchev–Trinajstić information content (AvgIpc) is 3.02. The van der Waals surface area contributed by atoms with Gasteiger partial charge in [0.1, 0.15) is 5.01 Å². The lowest BCUT2D eigenvalue weighted by Crippen LogP contribution is -2.41. The Morgan fingerprint density at radius 2 is 2.30 bits per heavy atom. The van der Waals surface area contributed by atoms with Gasteiger partial charge in [0.2, 0.25) is 5.13 Å². The van der Waals surface area contributed by atoms with E-state index in [1.165, 1.54) is 11.3 Å². The third-order valence-electron chi connectivity index (χ3n) is 3.09. The Morgan fingerprint density at radius 3 is 3.09 bits per heavy atom. The van der Waals surface area contributed by atoms with E-state index in [4.69, 9.17) is 9.47 Å². The molecule has 1 aromatic carbocycles. The van der Waals surface area contributed by atoms with E-state index in [1.807, 2.05) is 24.3 Å². The average molecular weight is 399 g/mol. The zero-order valence-electron chi connectivity index (χ0n) is 12.1. The Bertz CT molecular complexity index is 676. The number of rotatable bonds is 4. The number of anilines is 1. The monoisotopic (exact) mass is 398 g/mol. The lowest BCUT2D eigenvalue weighted by molar-refractivity contribution is -0.0852. The molecule has 23 heavy (non-hydrogen) atoms. The van der Waals surface area contributed by atoms with Crippen molar-refractivity contribution in [2.45, 2.75) is 6.10 Å². The summed E-state index contributed by atoms with van der Waals surface area (Å²) in [6, 6.07) is 7.41. The number of aromatic nitrogens is 2.